The number of ether oxygens (including phenoxy) is 1. The van der Waals surface area contributed by atoms with Crippen LogP contribution in [-0.4, -0.2) is 34.9 Å². The summed E-state index contributed by atoms with van der Waals surface area (Å²) in [6.45, 7) is 0.617. The van der Waals surface area contributed by atoms with Crippen LogP contribution in [-0.2, 0) is 11.2 Å². The monoisotopic (exact) mass is 443 g/mol. The van der Waals surface area contributed by atoms with Gasteiger partial charge in [0, 0.05) is 24.0 Å². The molecular formula is C26H25N3O2S. The Morgan fingerprint density at radius 1 is 0.969 bits per heavy atom. The molecule has 4 aromatic rings. The predicted molar refractivity (Wildman–Crippen MR) is 129 cm³/mol. The van der Waals surface area contributed by atoms with Crippen molar-refractivity contribution in [3.05, 3.63) is 96.7 Å². The maximum atomic E-state index is 12.4. The fraction of sp³-hybridized carbons (Fsp3) is 0.154. The zero-order chi connectivity index (χ0) is 22.2. The summed E-state index contributed by atoms with van der Waals surface area (Å²) >= 11 is 1.43. The summed E-state index contributed by atoms with van der Waals surface area (Å²) in [5, 5.41) is 3.77. The number of carbonyl (C=O) groups excluding carboxylic acids is 1. The van der Waals surface area contributed by atoms with Crippen molar-refractivity contribution in [3.8, 4) is 22.7 Å². The first kappa shape index (κ1) is 21.7. The first-order valence-electron chi connectivity index (χ1n) is 10.5. The van der Waals surface area contributed by atoms with E-state index >= 15 is 0 Å². The van der Waals surface area contributed by atoms with Gasteiger partial charge in [-0.2, -0.15) is 0 Å². The Morgan fingerprint density at radius 2 is 1.66 bits per heavy atom. The van der Waals surface area contributed by atoms with E-state index in [0.29, 0.717) is 12.3 Å². The van der Waals surface area contributed by atoms with Crippen LogP contribution in [0, 0.1) is 0 Å². The number of nitrogens with one attached hydrogen (secondary N) is 1. The zero-order valence-corrected chi connectivity index (χ0v) is 18.7. The largest absolute Gasteiger partial charge is 0.497 e. The highest BCUT2D eigenvalue weighted by Gasteiger charge is 2.14. The third-order valence-electron chi connectivity index (χ3n) is 5.00. The van der Waals surface area contributed by atoms with E-state index in [1.807, 2.05) is 83.6 Å². The second-order valence-electron chi connectivity index (χ2n) is 7.22. The number of hydrogen-bond acceptors (Lipinski definition) is 4. The number of amides is 1. The molecule has 0 atom stereocenters. The van der Waals surface area contributed by atoms with Crippen molar-refractivity contribution >= 4 is 17.7 Å². The zero-order valence-electron chi connectivity index (χ0n) is 17.9. The highest BCUT2D eigenvalue weighted by Crippen LogP contribution is 2.28. The van der Waals surface area contributed by atoms with Gasteiger partial charge >= 0.3 is 0 Å². The van der Waals surface area contributed by atoms with Gasteiger partial charge in [0.15, 0.2) is 5.16 Å². The lowest BCUT2D eigenvalue weighted by Gasteiger charge is -2.09. The third kappa shape index (κ3) is 5.59. The van der Waals surface area contributed by atoms with E-state index in [1.165, 1.54) is 17.3 Å². The summed E-state index contributed by atoms with van der Waals surface area (Å²) in [6.07, 6.45) is 2.82. The average molecular weight is 444 g/mol. The van der Waals surface area contributed by atoms with Crippen molar-refractivity contribution in [1.82, 2.24) is 14.9 Å². The van der Waals surface area contributed by atoms with Gasteiger partial charge in [-0.1, -0.05) is 72.4 Å². The minimum absolute atomic E-state index is 0.00327. The fourth-order valence-corrected chi connectivity index (χ4v) is 4.14. The number of carbonyl (C=O) groups is 1. The van der Waals surface area contributed by atoms with Crippen molar-refractivity contribution in [1.29, 1.82) is 0 Å². The number of benzene rings is 3. The number of imidazole rings is 1. The Hall–Kier alpha value is -3.51. The smallest absolute Gasteiger partial charge is 0.230 e. The molecule has 1 amide bonds. The minimum atomic E-state index is -0.00327. The Morgan fingerprint density at radius 3 is 2.34 bits per heavy atom. The molecule has 1 aromatic heterocycles. The standard InChI is InChI=1S/C26H25N3O2S/c1-31-23-14-12-22(13-15-23)29-18-24(21-10-6-3-7-11-21)28-26(29)32-19-25(30)27-17-16-20-8-4-2-5-9-20/h2-15,18H,16-17,19H2,1H3,(H,27,30). The predicted octanol–water partition coefficient (Wildman–Crippen LogP) is 5.00. The van der Waals surface area contributed by atoms with Crippen LogP contribution in [0.15, 0.2) is 96.3 Å². The van der Waals surface area contributed by atoms with Crippen LogP contribution < -0.4 is 10.1 Å². The number of rotatable bonds is 9. The number of methoxy groups -OCH3 is 1. The summed E-state index contributed by atoms with van der Waals surface area (Å²) in [4.78, 5) is 17.2. The number of thioether (sulfide) groups is 1. The normalized spacial score (nSPS) is 10.7. The van der Waals surface area contributed by atoms with Gasteiger partial charge in [0.1, 0.15) is 5.75 Å². The molecule has 0 aliphatic heterocycles. The molecule has 3 aromatic carbocycles. The van der Waals surface area contributed by atoms with Crippen molar-refractivity contribution in [3.63, 3.8) is 0 Å². The van der Waals surface area contributed by atoms with Crippen molar-refractivity contribution in [2.24, 2.45) is 0 Å². The van der Waals surface area contributed by atoms with E-state index in [9.17, 15) is 4.79 Å². The molecule has 4 rings (SSSR count). The van der Waals surface area contributed by atoms with Gasteiger partial charge in [0.05, 0.1) is 18.6 Å². The Kier molecular flexibility index (Phi) is 7.25. The van der Waals surface area contributed by atoms with Crippen LogP contribution in [0.4, 0.5) is 0 Å². The van der Waals surface area contributed by atoms with E-state index < -0.39 is 0 Å². The Balaban J connectivity index is 1.46. The fourth-order valence-electron chi connectivity index (χ4n) is 3.31. The third-order valence-corrected chi connectivity index (χ3v) is 5.96. The second-order valence-corrected chi connectivity index (χ2v) is 8.16. The van der Waals surface area contributed by atoms with Crippen LogP contribution in [0.1, 0.15) is 5.56 Å². The molecule has 1 N–H and O–H groups in total. The summed E-state index contributed by atoms with van der Waals surface area (Å²) in [7, 11) is 1.65. The van der Waals surface area contributed by atoms with Crippen LogP contribution in [0.3, 0.4) is 0 Å². The van der Waals surface area contributed by atoms with Crippen molar-refractivity contribution in [2.45, 2.75) is 11.6 Å². The molecule has 0 radical (unpaired) electrons. The van der Waals surface area contributed by atoms with E-state index in [4.69, 9.17) is 9.72 Å². The molecule has 32 heavy (non-hydrogen) atoms. The summed E-state index contributed by atoms with van der Waals surface area (Å²) in [6, 6.07) is 28.0. The summed E-state index contributed by atoms with van der Waals surface area (Å²) in [5.74, 6) is 1.09. The van der Waals surface area contributed by atoms with Gasteiger partial charge in [-0.15, -0.1) is 0 Å². The second kappa shape index (κ2) is 10.7. The molecule has 0 unspecified atom stereocenters. The van der Waals surface area contributed by atoms with Gasteiger partial charge in [-0.3, -0.25) is 9.36 Å². The van der Waals surface area contributed by atoms with Gasteiger partial charge < -0.3 is 10.1 Å². The molecule has 0 saturated carbocycles. The molecular weight excluding hydrogens is 418 g/mol. The molecule has 0 aliphatic rings. The van der Waals surface area contributed by atoms with Crippen molar-refractivity contribution in [2.75, 3.05) is 19.4 Å². The quantitative estimate of drug-likeness (QED) is 0.370. The highest BCUT2D eigenvalue weighted by atomic mass is 32.2. The van der Waals surface area contributed by atoms with Crippen LogP contribution in [0.2, 0.25) is 0 Å². The van der Waals surface area contributed by atoms with Crippen molar-refractivity contribution < 1.29 is 9.53 Å². The van der Waals surface area contributed by atoms with Gasteiger partial charge in [-0.25, -0.2) is 4.98 Å². The van der Waals surface area contributed by atoms with Gasteiger partial charge in [-0.05, 0) is 36.2 Å². The maximum Gasteiger partial charge on any atom is 0.230 e. The number of hydrogen-bond donors (Lipinski definition) is 1. The molecule has 0 fully saturated rings. The van der Waals surface area contributed by atoms with E-state index in [1.54, 1.807) is 7.11 Å². The van der Waals surface area contributed by atoms with Gasteiger partial charge in [0.2, 0.25) is 5.91 Å². The molecule has 0 bridgehead atoms. The lowest BCUT2D eigenvalue weighted by Crippen LogP contribution is -2.27. The Bertz CT molecular complexity index is 1140. The van der Waals surface area contributed by atoms with E-state index in [2.05, 4.69) is 17.4 Å². The lowest BCUT2D eigenvalue weighted by atomic mass is 10.1. The molecule has 0 aliphatic carbocycles. The first-order valence-corrected chi connectivity index (χ1v) is 11.4. The molecule has 0 spiro atoms. The summed E-state index contributed by atoms with van der Waals surface area (Å²) in [5.41, 5.74) is 4.08. The lowest BCUT2D eigenvalue weighted by molar-refractivity contribution is -0.118. The molecule has 162 valence electrons. The average Bonchev–Trinajstić information content (AvgIpc) is 3.28. The number of nitrogens with zero attached hydrogens (tertiary/aromatic N) is 2. The number of aromatic nitrogens is 2. The first-order chi connectivity index (χ1) is 15.7. The molecule has 5 nitrogen and oxygen atoms in total. The SMILES string of the molecule is COc1ccc(-n2cc(-c3ccccc3)nc2SCC(=O)NCCc2ccccc2)cc1. The van der Waals surface area contributed by atoms with Gasteiger partial charge in [0.25, 0.3) is 0 Å². The van der Waals surface area contributed by atoms with Crippen LogP contribution in [0.25, 0.3) is 16.9 Å². The minimum Gasteiger partial charge on any atom is -0.497 e. The van der Waals surface area contributed by atoms with E-state index in [0.717, 1.165) is 34.3 Å². The van der Waals surface area contributed by atoms with Crippen LogP contribution >= 0.6 is 11.8 Å². The van der Waals surface area contributed by atoms with Crippen LogP contribution in [0.5, 0.6) is 5.75 Å². The Labute approximate surface area is 192 Å². The summed E-state index contributed by atoms with van der Waals surface area (Å²) < 4.78 is 7.29. The molecule has 1 heterocycles. The van der Waals surface area contributed by atoms with E-state index in [-0.39, 0.29) is 5.91 Å². The topological polar surface area (TPSA) is 56.2 Å². The maximum absolute atomic E-state index is 12.4. The molecule has 6 heteroatoms. The molecule has 0 saturated heterocycles. The highest BCUT2D eigenvalue weighted by molar-refractivity contribution is 7.99.